The molecule has 0 unspecified atom stereocenters. The molecule has 0 saturated heterocycles. The zero-order chi connectivity index (χ0) is 8.06. The zero-order valence-corrected chi connectivity index (χ0v) is 6.93. The van der Waals surface area contributed by atoms with Crippen LogP contribution in [0.4, 0.5) is 0 Å². The van der Waals surface area contributed by atoms with Crippen molar-refractivity contribution in [3.05, 3.63) is 0 Å². The summed E-state index contributed by atoms with van der Waals surface area (Å²) in [5, 5.41) is 10.7. The van der Waals surface area contributed by atoms with Crippen molar-refractivity contribution in [2.24, 2.45) is 11.8 Å². The maximum Gasteiger partial charge on any atom is 0.0869 e. The molecule has 0 aromatic heterocycles. The van der Waals surface area contributed by atoms with E-state index in [9.17, 15) is 9.90 Å². The van der Waals surface area contributed by atoms with Gasteiger partial charge in [0.15, 0.2) is 0 Å². The van der Waals surface area contributed by atoms with Crippen molar-refractivity contribution in [1.82, 2.24) is 0 Å². The van der Waals surface area contributed by atoms with Crippen LogP contribution < -0.4 is 5.11 Å². The van der Waals surface area contributed by atoms with Crippen molar-refractivity contribution >= 4 is 17.6 Å². The van der Waals surface area contributed by atoms with Gasteiger partial charge in [0.1, 0.15) is 0 Å². The molecule has 2 fully saturated rings. The van der Waals surface area contributed by atoms with Gasteiger partial charge < -0.3 is 9.90 Å². The second-order valence-electron chi connectivity index (χ2n) is 3.73. The Labute approximate surface area is 70.5 Å². The third-order valence-corrected chi connectivity index (χ3v) is 3.73. The normalized spacial score (nSPS) is 48.1. The van der Waals surface area contributed by atoms with E-state index in [4.69, 9.17) is 11.6 Å². The van der Waals surface area contributed by atoms with Gasteiger partial charge in [0, 0.05) is 0 Å². The molecule has 2 rings (SSSR count). The molecule has 3 heteroatoms. The highest BCUT2D eigenvalue weighted by Gasteiger charge is 2.50. The first kappa shape index (κ1) is 7.41. The Morgan fingerprint density at radius 1 is 1.55 bits per heavy atom. The second-order valence-corrected chi connectivity index (χ2v) is 4.40. The third kappa shape index (κ3) is 0.886. The predicted octanol–water partition coefficient (Wildman–Crippen LogP) is 0.534. The number of aliphatic carboxylic acids is 1. The Morgan fingerprint density at radius 3 is 2.55 bits per heavy atom. The Kier molecular flexibility index (Phi) is 1.43. The summed E-state index contributed by atoms with van der Waals surface area (Å²) in [7, 11) is 0. The smallest absolute Gasteiger partial charge is 0.0869 e. The number of halogens is 1. The number of fused-ring (bicyclic) bond motifs is 2. The van der Waals surface area contributed by atoms with Gasteiger partial charge in [-0.2, -0.15) is 0 Å². The van der Waals surface area contributed by atoms with Crippen molar-refractivity contribution in [3.63, 3.8) is 0 Å². The van der Waals surface area contributed by atoms with Crippen LogP contribution in [0.3, 0.4) is 0 Å². The fourth-order valence-electron chi connectivity index (χ4n) is 2.51. The highest BCUT2D eigenvalue weighted by Crippen LogP contribution is 2.53. The lowest BCUT2D eigenvalue weighted by molar-refractivity contribution is -0.311. The SMILES string of the molecule is O=C([O-])[C@]1(Cl)C[C@H]2CC[C@@H]1C2. The van der Waals surface area contributed by atoms with Gasteiger partial charge in [0.2, 0.25) is 0 Å². The fraction of sp³-hybridized carbons (Fsp3) is 0.875. The summed E-state index contributed by atoms with van der Waals surface area (Å²) in [6, 6.07) is 0. The van der Waals surface area contributed by atoms with E-state index in [2.05, 4.69) is 0 Å². The summed E-state index contributed by atoms with van der Waals surface area (Å²) >= 11 is 5.94. The first-order valence-electron chi connectivity index (χ1n) is 4.03. The highest BCUT2D eigenvalue weighted by molar-refractivity contribution is 6.34. The first-order chi connectivity index (χ1) is 5.13. The minimum atomic E-state index is -1.06. The van der Waals surface area contributed by atoms with E-state index in [1.165, 1.54) is 0 Å². The summed E-state index contributed by atoms with van der Waals surface area (Å²) in [5.41, 5.74) is 0. The monoisotopic (exact) mass is 173 g/mol. The van der Waals surface area contributed by atoms with E-state index in [1.807, 2.05) is 0 Å². The Balaban J connectivity index is 2.23. The van der Waals surface area contributed by atoms with Gasteiger partial charge in [0.25, 0.3) is 0 Å². The Bertz CT molecular complexity index is 204. The standard InChI is InChI=1S/C8H11ClO2/c9-8(7(10)11)4-5-1-2-6(8)3-5/h5-6H,1-4H2,(H,10,11)/p-1/t5-,6+,8-/m0/s1. The van der Waals surface area contributed by atoms with Crippen molar-refractivity contribution in [3.8, 4) is 0 Å². The van der Waals surface area contributed by atoms with Gasteiger partial charge in [-0.3, -0.25) is 0 Å². The molecule has 0 spiro atoms. The summed E-state index contributed by atoms with van der Waals surface area (Å²) in [6.07, 6.45) is 3.76. The number of rotatable bonds is 1. The van der Waals surface area contributed by atoms with Crippen molar-refractivity contribution < 1.29 is 9.90 Å². The number of hydrogen-bond acceptors (Lipinski definition) is 2. The molecule has 2 nitrogen and oxygen atoms in total. The highest BCUT2D eigenvalue weighted by atomic mass is 35.5. The average molecular weight is 174 g/mol. The van der Waals surface area contributed by atoms with Gasteiger partial charge in [-0.1, -0.05) is 6.42 Å². The van der Waals surface area contributed by atoms with Crippen LogP contribution in [-0.4, -0.2) is 10.8 Å². The van der Waals surface area contributed by atoms with E-state index in [1.54, 1.807) is 0 Å². The van der Waals surface area contributed by atoms with Gasteiger partial charge in [-0.25, -0.2) is 0 Å². The molecule has 0 aromatic rings. The van der Waals surface area contributed by atoms with Crippen LogP contribution in [0.5, 0.6) is 0 Å². The minimum Gasteiger partial charge on any atom is -0.548 e. The summed E-state index contributed by atoms with van der Waals surface area (Å²) in [6.45, 7) is 0. The molecule has 0 radical (unpaired) electrons. The van der Waals surface area contributed by atoms with E-state index >= 15 is 0 Å². The van der Waals surface area contributed by atoms with Gasteiger partial charge in [0.05, 0.1) is 10.8 Å². The molecule has 2 bridgehead atoms. The van der Waals surface area contributed by atoms with Crippen LogP contribution in [0.15, 0.2) is 0 Å². The first-order valence-corrected chi connectivity index (χ1v) is 4.41. The van der Waals surface area contributed by atoms with Crippen LogP contribution in [0.25, 0.3) is 0 Å². The lowest BCUT2D eigenvalue weighted by Gasteiger charge is -2.32. The van der Waals surface area contributed by atoms with E-state index in [-0.39, 0.29) is 5.92 Å². The Morgan fingerprint density at radius 2 is 2.27 bits per heavy atom. The maximum absolute atomic E-state index is 10.7. The van der Waals surface area contributed by atoms with Gasteiger partial charge >= 0.3 is 0 Å². The molecule has 0 amide bonds. The molecule has 0 heterocycles. The number of carboxylic acids is 1. The van der Waals surface area contributed by atoms with Crippen molar-refractivity contribution in [2.45, 2.75) is 30.6 Å². The second kappa shape index (κ2) is 2.13. The number of hydrogen-bond donors (Lipinski definition) is 0. The van der Waals surface area contributed by atoms with Crippen LogP contribution in [0.2, 0.25) is 0 Å². The number of alkyl halides is 1. The molecule has 2 aliphatic carbocycles. The summed E-state index contributed by atoms with van der Waals surface area (Å²) < 4.78 is 0. The number of carbonyl (C=O) groups is 1. The fourth-order valence-corrected chi connectivity index (χ4v) is 2.93. The lowest BCUT2D eigenvalue weighted by Crippen LogP contribution is -2.47. The quantitative estimate of drug-likeness (QED) is 0.543. The molecule has 3 atom stereocenters. The number of carboxylic acid groups (broad SMARTS) is 1. The summed E-state index contributed by atoms with van der Waals surface area (Å²) in [4.78, 5) is 9.66. The molecule has 0 aliphatic heterocycles. The van der Waals surface area contributed by atoms with Crippen LogP contribution in [-0.2, 0) is 4.79 Å². The third-order valence-electron chi connectivity index (χ3n) is 3.11. The molecular weight excluding hydrogens is 164 g/mol. The average Bonchev–Trinajstić information content (AvgIpc) is 2.45. The number of carbonyl (C=O) groups excluding carboxylic acids is 1. The van der Waals surface area contributed by atoms with Crippen molar-refractivity contribution in [1.29, 1.82) is 0 Å². The maximum atomic E-state index is 10.7. The molecule has 2 saturated carbocycles. The topological polar surface area (TPSA) is 40.1 Å². The van der Waals surface area contributed by atoms with Crippen LogP contribution >= 0.6 is 11.6 Å². The van der Waals surface area contributed by atoms with E-state index in [0.717, 1.165) is 19.3 Å². The van der Waals surface area contributed by atoms with E-state index < -0.39 is 10.8 Å². The molecule has 2 aliphatic rings. The predicted molar refractivity (Wildman–Crippen MR) is 39.0 cm³/mol. The van der Waals surface area contributed by atoms with E-state index in [0.29, 0.717) is 12.3 Å². The molecular formula is C8H10ClO2-. The zero-order valence-electron chi connectivity index (χ0n) is 6.18. The molecule has 0 aromatic carbocycles. The van der Waals surface area contributed by atoms with Crippen LogP contribution in [0, 0.1) is 11.8 Å². The largest absolute Gasteiger partial charge is 0.548 e. The minimum absolute atomic E-state index is 0.180. The molecule has 0 N–H and O–H groups in total. The summed E-state index contributed by atoms with van der Waals surface area (Å²) in [5.74, 6) is -0.332. The lowest BCUT2D eigenvalue weighted by atomic mass is 9.88. The Hall–Kier alpha value is -0.240. The molecule has 11 heavy (non-hydrogen) atoms. The van der Waals surface area contributed by atoms with Gasteiger partial charge in [-0.05, 0) is 31.1 Å². The van der Waals surface area contributed by atoms with Gasteiger partial charge in [-0.15, -0.1) is 11.6 Å². The molecule has 62 valence electrons. The van der Waals surface area contributed by atoms with Crippen molar-refractivity contribution in [2.75, 3.05) is 0 Å². The van der Waals surface area contributed by atoms with Crippen LogP contribution in [0.1, 0.15) is 25.7 Å².